The fourth-order valence-electron chi connectivity index (χ4n) is 6.66. The molecule has 144 valence electrons. The maximum atomic E-state index is 2.50. The van der Waals surface area contributed by atoms with Crippen LogP contribution in [0.15, 0.2) is 18.2 Å². The van der Waals surface area contributed by atoms with Crippen LogP contribution < -0.4 is 0 Å². The zero-order valence-electron chi connectivity index (χ0n) is 17.3. The summed E-state index contributed by atoms with van der Waals surface area (Å²) in [5.41, 5.74) is 4.89. The van der Waals surface area contributed by atoms with Gasteiger partial charge in [-0.3, -0.25) is 0 Å². The van der Waals surface area contributed by atoms with Crippen molar-refractivity contribution in [3.05, 3.63) is 34.9 Å². The maximum Gasteiger partial charge on any atom is -0.0245 e. The highest BCUT2D eigenvalue weighted by Crippen LogP contribution is 2.49. The third-order valence-corrected chi connectivity index (χ3v) is 8.34. The number of rotatable bonds is 5. The molecular weight excluding hydrogens is 312 g/mol. The van der Waals surface area contributed by atoms with Crippen LogP contribution in [0.5, 0.6) is 0 Å². The normalized spacial score (nSPS) is 34.2. The van der Waals surface area contributed by atoms with Gasteiger partial charge in [0.15, 0.2) is 0 Å². The molecule has 1 aromatic carbocycles. The average Bonchev–Trinajstić information content (AvgIpc) is 2.70. The minimum atomic E-state index is 0.980. The van der Waals surface area contributed by atoms with Crippen LogP contribution in [0.25, 0.3) is 0 Å². The van der Waals surface area contributed by atoms with Gasteiger partial charge in [0, 0.05) is 0 Å². The van der Waals surface area contributed by atoms with Gasteiger partial charge in [-0.05, 0) is 104 Å². The first-order chi connectivity index (χ1) is 12.8. The molecule has 4 rings (SSSR count). The molecule has 0 heterocycles. The first-order valence-electron chi connectivity index (χ1n) is 11.9. The molecule has 0 spiro atoms. The SMILES string of the molecule is CCCCC1CCC2CC(C3CCc4cc(CC)ccc4C3)CCC2C1. The molecule has 0 nitrogen and oxygen atoms in total. The van der Waals surface area contributed by atoms with Gasteiger partial charge in [-0.1, -0.05) is 57.7 Å². The summed E-state index contributed by atoms with van der Waals surface area (Å²) in [5.74, 6) is 5.25. The lowest BCUT2D eigenvalue weighted by Crippen LogP contribution is -2.35. The van der Waals surface area contributed by atoms with E-state index >= 15 is 0 Å². The molecule has 2 saturated carbocycles. The summed E-state index contributed by atoms with van der Waals surface area (Å²) in [5, 5.41) is 0. The van der Waals surface area contributed by atoms with Crippen molar-refractivity contribution in [3.8, 4) is 0 Å². The molecule has 0 saturated heterocycles. The minimum Gasteiger partial charge on any atom is -0.0654 e. The molecule has 3 aliphatic carbocycles. The highest BCUT2D eigenvalue weighted by atomic mass is 14.4. The Bertz CT molecular complexity index is 586. The Morgan fingerprint density at radius 3 is 2.38 bits per heavy atom. The summed E-state index contributed by atoms with van der Waals surface area (Å²) >= 11 is 0. The average molecular weight is 353 g/mol. The molecule has 0 bridgehead atoms. The van der Waals surface area contributed by atoms with Gasteiger partial charge >= 0.3 is 0 Å². The van der Waals surface area contributed by atoms with Crippen molar-refractivity contribution < 1.29 is 0 Å². The first kappa shape index (κ1) is 18.6. The predicted molar refractivity (Wildman–Crippen MR) is 113 cm³/mol. The van der Waals surface area contributed by atoms with E-state index in [0.717, 1.165) is 29.6 Å². The molecule has 2 fully saturated rings. The molecule has 3 aliphatic rings. The van der Waals surface area contributed by atoms with Crippen LogP contribution in [-0.4, -0.2) is 0 Å². The van der Waals surface area contributed by atoms with Crippen LogP contribution in [0, 0.1) is 29.6 Å². The minimum absolute atomic E-state index is 0.980. The van der Waals surface area contributed by atoms with Crippen molar-refractivity contribution in [2.24, 2.45) is 29.6 Å². The molecule has 0 N–H and O–H groups in total. The monoisotopic (exact) mass is 352 g/mol. The Kier molecular flexibility index (Phi) is 6.07. The Morgan fingerprint density at radius 1 is 0.808 bits per heavy atom. The van der Waals surface area contributed by atoms with Gasteiger partial charge in [0.25, 0.3) is 0 Å². The molecule has 0 heteroatoms. The van der Waals surface area contributed by atoms with Gasteiger partial charge in [-0.15, -0.1) is 0 Å². The topological polar surface area (TPSA) is 0 Å². The molecular formula is C26H40. The second-order valence-corrected chi connectivity index (χ2v) is 9.87. The van der Waals surface area contributed by atoms with Gasteiger partial charge in [-0.2, -0.15) is 0 Å². The molecule has 0 aliphatic heterocycles. The number of hydrogen-bond acceptors (Lipinski definition) is 0. The molecule has 1 aromatic rings. The Labute approximate surface area is 162 Å². The number of hydrogen-bond donors (Lipinski definition) is 0. The van der Waals surface area contributed by atoms with E-state index in [4.69, 9.17) is 0 Å². The molecule has 0 amide bonds. The van der Waals surface area contributed by atoms with E-state index < -0.39 is 0 Å². The van der Waals surface area contributed by atoms with Crippen molar-refractivity contribution in [1.82, 2.24) is 0 Å². The second kappa shape index (κ2) is 8.49. The van der Waals surface area contributed by atoms with Crippen molar-refractivity contribution in [2.45, 2.75) is 97.3 Å². The van der Waals surface area contributed by atoms with E-state index in [-0.39, 0.29) is 0 Å². The fourth-order valence-corrected chi connectivity index (χ4v) is 6.66. The summed E-state index contributed by atoms with van der Waals surface area (Å²) in [6, 6.07) is 7.35. The summed E-state index contributed by atoms with van der Waals surface area (Å²) < 4.78 is 0. The smallest absolute Gasteiger partial charge is 0.0245 e. The number of benzene rings is 1. The van der Waals surface area contributed by atoms with Crippen molar-refractivity contribution in [3.63, 3.8) is 0 Å². The summed E-state index contributed by atoms with van der Waals surface area (Å²) in [7, 11) is 0. The van der Waals surface area contributed by atoms with Gasteiger partial charge in [0.2, 0.25) is 0 Å². The van der Waals surface area contributed by atoms with E-state index in [0.29, 0.717) is 0 Å². The van der Waals surface area contributed by atoms with Crippen molar-refractivity contribution >= 4 is 0 Å². The Morgan fingerprint density at radius 2 is 1.58 bits per heavy atom. The van der Waals surface area contributed by atoms with Crippen molar-refractivity contribution in [1.29, 1.82) is 0 Å². The highest BCUT2D eigenvalue weighted by molar-refractivity contribution is 5.34. The van der Waals surface area contributed by atoms with E-state index in [9.17, 15) is 0 Å². The number of fused-ring (bicyclic) bond motifs is 2. The summed E-state index contributed by atoms with van der Waals surface area (Å²) in [6.45, 7) is 4.63. The zero-order chi connectivity index (χ0) is 17.9. The van der Waals surface area contributed by atoms with Crippen LogP contribution >= 0.6 is 0 Å². The van der Waals surface area contributed by atoms with E-state index in [1.165, 1.54) is 56.9 Å². The van der Waals surface area contributed by atoms with Gasteiger partial charge in [0.05, 0.1) is 0 Å². The molecule has 5 atom stereocenters. The van der Waals surface area contributed by atoms with Crippen LogP contribution in [0.3, 0.4) is 0 Å². The lowest BCUT2D eigenvalue weighted by molar-refractivity contribution is 0.0691. The second-order valence-electron chi connectivity index (χ2n) is 9.87. The molecule has 26 heavy (non-hydrogen) atoms. The Hall–Kier alpha value is -0.780. The summed E-state index contributed by atoms with van der Waals surface area (Å²) in [6.07, 6.45) is 19.1. The van der Waals surface area contributed by atoms with Crippen LogP contribution in [0.1, 0.15) is 94.7 Å². The van der Waals surface area contributed by atoms with E-state index in [2.05, 4.69) is 32.0 Å². The Balaban J connectivity index is 1.33. The third kappa shape index (κ3) is 4.05. The zero-order valence-corrected chi connectivity index (χ0v) is 17.3. The van der Waals surface area contributed by atoms with Gasteiger partial charge in [0.1, 0.15) is 0 Å². The van der Waals surface area contributed by atoms with Gasteiger partial charge in [-0.25, -0.2) is 0 Å². The van der Waals surface area contributed by atoms with Crippen LogP contribution in [-0.2, 0) is 19.3 Å². The lowest BCUT2D eigenvalue weighted by Gasteiger charge is -2.45. The highest BCUT2D eigenvalue weighted by Gasteiger charge is 2.38. The summed E-state index contributed by atoms with van der Waals surface area (Å²) in [4.78, 5) is 0. The van der Waals surface area contributed by atoms with Gasteiger partial charge < -0.3 is 0 Å². The van der Waals surface area contributed by atoms with Crippen LogP contribution in [0.4, 0.5) is 0 Å². The number of unbranched alkanes of at least 4 members (excludes halogenated alkanes) is 1. The largest absolute Gasteiger partial charge is 0.0654 e. The van der Waals surface area contributed by atoms with Crippen LogP contribution in [0.2, 0.25) is 0 Å². The van der Waals surface area contributed by atoms with E-state index in [1.807, 2.05) is 0 Å². The predicted octanol–water partition coefficient (Wildman–Crippen LogP) is 7.38. The van der Waals surface area contributed by atoms with E-state index in [1.54, 1.807) is 43.2 Å². The first-order valence-corrected chi connectivity index (χ1v) is 11.9. The maximum absolute atomic E-state index is 2.50. The fraction of sp³-hybridized carbons (Fsp3) is 0.769. The number of aryl methyl sites for hydroxylation is 2. The van der Waals surface area contributed by atoms with Crippen molar-refractivity contribution in [2.75, 3.05) is 0 Å². The standard InChI is InChI=1S/C26H40/c1-3-5-6-20-8-10-24-18-26(14-12-22(24)16-20)25-13-11-21-15-19(4-2)7-9-23(21)17-25/h7,9,15,20,22,24-26H,3-6,8,10-14,16-18H2,1-2H3. The molecule has 0 aromatic heterocycles. The third-order valence-electron chi connectivity index (χ3n) is 8.34. The molecule has 0 radical (unpaired) electrons. The lowest BCUT2D eigenvalue weighted by atomic mass is 9.61. The quantitative estimate of drug-likeness (QED) is 0.518. The molecule has 5 unspecified atom stereocenters.